The lowest BCUT2D eigenvalue weighted by molar-refractivity contribution is -0.122. The Bertz CT molecular complexity index is 687. The zero-order valence-corrected chi connectivity index (χ0v) is 12.4. The van der Waals surface area contributed by atoms with Crippen LogP contribution in [0, 0.1) is 0 Å². The molecule has 0 aliphatic rings. The molecule has 21 heavy (non-hydrogen) atoms. The Morgan fingerprint density at radius 2 is 1.90 bits per heavy atom. The molecule has 2 rings (SSSR count). The number of fused-ring (bicyclic) bond motifs is 1. The minimum Gasteiger partial charge on any atom is -0.396 e. The van der Waals surface area contributed by atoms with E-state index in [2.05, 4.69) is 5.32 Å². The number of benzene rings is 1. The Labute approximate surface area is 123 Å². The molecule has 1 unspecified atom stereocenters. The Kier molecular flexibility index (Phi) is 4.80. The van der Waals surface area contributed by atoms with Gasteiger partial charge in [0.05, 0.1) is 11.0 Å². The van der Waals surface area contributed by atoms with Gasteiger partial charge in [-0.15, -0.1) is 0 Å². The highest BCUT2D eigenvalue weighted by Gasteiger charge is 2.15. The molecule has 6 nitrogen and oxygen atoms in total. The number of nitrogens with zero attached hydrogens (tertiary/aromatic N) is 2. The second kappa shape index (κ2) is 6.58. The first kappa shape index (κ1) is 15.3. The minimum absolute atomic E-state index is 0.0118. The molecule has 0 spiro atoms. The number of carbonyl (C=O) groups excluding carboxylic acids is 1. The van der Waals surface area contributed by atoms with Crippen molar-refractivity contribution in [3.05, 3.63) is 34.7 Å². The topological polar surface area (TPSA) is 76.3 Å². The summed E-state index contributed by atoms with van der Waals surface area (Å²) in [7, 11) is 0. The fourth-order valence-electron chi connectivity index (χ4n) is 2.46. The molecule has 0 saturated carbocycles. The predicted molar refractivity (Wildman–Crippen MR) is 81.2 cm³/mol. The van der Waals surface area contributed by atoms with E-state index in [1.165, 1.54) is 4.57 Å². The molecule has 114 valence electrons. The van der Waals surface area contributed by atoms with Gasteiger partial charge in [-0.25, -0.2) is 4.79 Å². The molecule has 1 aromatic carbocycles. The first-order valence-electron chi connectivity index (χ1n) is 7.16. The lowest BCUT2D eigenvalue weighted by Crippen LogP contribution is -2.38. The third-order valence-electron chi connectivity index (χ3n) is 3.51. The molecular formula is C15H21N3O3. The quantitative estimate of drug-likeness (QED) is 0.823. The zero-order chi connectivity index (χ0) is 15.4. The summed E-state index contributed by atoms with van der Waals surface area (Å²) in [5.74, 6) is -0.225. The van der Waals surface area contributed by atoms with Crippen LogP contribution in [0.5, 0.6) is 0 Å². The van der Waals surface area contributed by atoms with Crippen LogP contribution in [-0.4, -0.2) is 32.8 Å². The van der Waals surface area contributed by atoms with Gasteiger partial charge in [-0.1, -0.05) is 12.1 Å². The van der Waals surface area contributed by atoms with Gasteiger partial charge in [-0.05, 0) is 32.4 Å². The summed E-state index contributed by atoms with van der Waals surface area (Å²) in [5, 5.41) is 11.6. The van der Waals surface area contributed by atoms with Gasteiger partial charge in [-0.3, -0.25) is 13.9 Å². The number of aliphatic hydroxyl groups is 1. The van der Waals surface area contributed by atoms with Gasteiger partial charge >= 0.3 is 5.69 Å². The fourth-order valence-corrected chi connectivity index (χ4v) is 2.46. The highest BCUT2D eigenvalue weighted by atomic mass is 16.3. The number of amides is 1. The van der Waals surface area contributed by atoms with Crippen molar-refractivity contribution in [2.24, 2.45) is 0 Å². The van der Waals surface area contributed by atoms with Gasteiger partial charge in [-0.2, -0.15) is 0 Å². The third kappa shape index (κ3) is 3.16. The van der Waals surface area contributed by atoms with E-state index in [0.717, 1.165) is 11.0 Å². The second-order valence-corrected chi connectivity index (χ2v) is 5.08. The minimum atomic E-state index is -0.225. The maximum absolute atomic E-state index is 12.4. The van der Waals surface area contributed by atoms with Gasteiger partial charge in [0, 0.05) is 19.2 Å². The molecule has 0 aliphatic carbocycles. The van der Waals surface area contributed by atoms with Gasteiger partial charge in [0.15, 0.2) is 0 Å². The van der Waals surface area contributed by atoms with E-state index < -0.39 is 0 Å². The summed E-state index contributed by atoms with van der Waals surface area (Å²) in [5.41, 5.74) is 1.42. The van der Waals surface area contributed by atoms with Crippen molar-refractivity contribution in [2.45, 2.75) is 39.4 Å². The third-order valence-corrected chi connectivity index (χ3v) is 3.51. The predicted octanol–water partition coefficient (Wildman–Crippen LogP) is 0.710. The summed E-state index contributed by atoms with van der Waals surface area (Å²) in [6, 6.07) is 7.33. The molecule has 0 bridgehead atoms. The van der Waals surface area contributed by atoms with Crippen molar-refractivity contribution in [1.29, 1.82) is 0 Å². The van der Waals surface area contributed by atoms with E-state index in [4.69, 9.17) is 5.11 Å². The van der Waals surface area contributed by atoms with E-state index in [1.807, 2.05) is 38.1 Å². The molecule has 6 heteroatoms. The number of imidazole rings is 1. The largest absolute Gasteiger partial charge is 0.396 e. The molecule has 1 aromatic heterocycles. The number of aromatic nitrogens is 2. The standard InChI is InChI=1S/C15H21N3O3/c1-3-17-12-6-4-5-7-13(12)18(15(17)21)10-14(20)16-11(2)8-9-19/h4-7,11,19H,3,8-10H2,1-2H3,(H,16,20). The molecule has 2 aromatic rings. The lowest BCUT2D eigenvalue weighted by atomic mass is 10.2. The average molecular weight is 291 g/mol. The summed E-state index contributed by atoms with van der Waals surface area (Å²) < 4.78 is 3.14. The van der Waals surface area contributed by atoms with Crippen molar-refractivity contribution in [3.8, 4) is 0 Å². The van der Waals surface area contributed by atoms with Crippen molar-refractivity contribution in [3.63, 3.8) is 0 Å². The molecular weight excluding hydrogens is 270 g/mol. The van der Waals surface area contributed by atoms with Gasteiger partial charge < -0.3 is 10.4 Å². The first-order chi connectivity index (χ1) is 10.1. The van der Waals surface area contributed by atoms with Gasteiger partial charge in [0.2, 0.25) is 5.91 Å². The highest BCUT2D eigenvalue weighted by Crippen LogP contribution is 2.12. The molecule has 1 atom stereocenters. The van der Waals surface area contributed by atoms with Crippen LogP contribution in [0.3, 0.4) is 0 Å². The summed E-state index contributed by atoms with van der Waals surface area (Å²) in [6.07, 6.45) is 0.497. The number of para-hydroxylation sites is 2. The molecule has 0 radical (unpaired) electrons. The number of hydrogen-bond donors (Lipinski definition) is 2. The van der Waals surface area contributed by atoms with E-state index >= 15 is 0 Å². The van der Waals surface area contributed by atoms with Crippen LogP contribution in [0.4, 0.5) is 0 Å². The first-order valence-corrected chi connectivity index (χ1v) is 7.16. The number of aryl methyl sites for hydroxylation is 1. The van der Waals surface area contributed by atoms with Crippen molar-refractivity contribution >= 4 is 16.9 Å². The van der Waals surface area contributed by atoms with Crippen molar-refractivity contribution in [2.75, 3.05) is 6.61 Å². The normalized spacial score (nSPS) is 12.5. The van der Waals surface area contributed by atoms with Crippen LogP contribution >= 0.6 is 0 Å². The number of rotatable bonds is 6. The van der Waals surface area contributed by atoms with Gasteiger partial charge in [0.25, 0.3) is 0 Å². The molecule has 2 N–H and O–H groups in total. The Balaban J connectivity index is 2.28. The van der Waals surface area contributed by atoms with E-state index in [1.54, 1.807) is 4.57 Å². The Hall–Kier alpha value is -2.08. The molecule has 0 aliphatic heterocycles. The van der Waals surface area contributed by atoms with Crippen LogP contribution in [0.2, 0.25) is 0 Å². The van der Waals surface area contributed by atoms with E-state index in [0.29, 0.717) is 13.0 Å². The fraction of sp³-hybridized carbons (Fsp3) is 0.467. The monoisotopic (exact) mass is 291 g/mol. The molecule has 0 fully saturated rings. The molecule has 1 amide bonds. The zero-order valence-electron chi connectivity index (χ0n) is 12.4. The Morgan fingerprint density at radius 1 is 1.29 bits per heavy atom. The van der Waals surface area contributed by atoms with Crippen LogP contribution in [0.25, 0.3) is 11.0 Å². The SMILES string of the molecule is CCn1c(=O)n(CC(=O)NC(C)CCO)c2ccccc21. The Morgan fingerprint density at radius 3 is 2.48 bits per heavy atom. The highest BCUT2D eigenvalue weighted by molar-refractivity contribution is 5.81. The van der Waals surface area contributed by atoms with Crippen LogP contribution in [0.15, 0.2) is 29.1 Å². The molecule has 0 saturated heterocycles. The summed E-state index contributed by atoms with van der Waals surface area (Å²) in [6.45, 7) is 4.31. The van der Waals surface area contributed by atoms with Crippen molar-refractivity contribution in [1.82, 2.24) is 14.5 Å². The van der Waals surface area contributed by atoms with Crippen LogP contribution in [0.1, 0.15) is 20.3 Å². The number of carbonyl (C=O) groups is 1. The maximum atomic E-state index is 12.4. The number of hydrogen-bond acceptors (Lipinski definition) is 3. The average Bonchev–Trinajstić information content (AvgIpc) is 2.71. The number of aliphatic hydroxyl groups excluding tert-OH is 1. The number of nitrogens with one attached hydrogen (secondary N) is 1. The van der Waals surface area contributed by atoms with E-state index in [-0.39, 0.29) is 30.8 Å². The van der Waals surface area contributed by atoms with Crippen molar-refractivity contribution < 1.29 is 9.90 Å². The summed E-state index contributed by atoms with van der Waals surface area (Å²) in [4.78, 5) is 24.4. The van der Waals surface area contributed by atoms with Crippen LogP contribution < -0.4 is 11.0 Å². The molecule has 1 heterocycles. The summed E-state index contributed by atoms with van der Waals surface area (Å²) >= 11 is 0. The van der Waals surface area contributed by atoms with Gasteiger partial charge in [0.1, 0.15) is 6.54 Å². The maximum Gasteiger partial charge on any atom is 0.329 e. The lowest BCUT2D eigenvalue weighted by Gasteiger charge is -2.12. The van der Waals surface area contributed by atoms with Crippen LogP contribution in [-0.2, 0) is 17.9 Å². The second-order valence-electron chi connectivity index (χ2n) is 5.08. The van der Waals surface area contributed by atoms with E-state index in [9.17, 15) is 9.59 Å². The smallest absolute Gasteiger partial charge is 0.329 e.